The van der Waals surface area contributed by atoms with Gasteiger partial charge in [0.25, 0.3) is 0 Å². The number of Topliss-reactive ketones (excluding diaryl/α,β-unsaturated/α-hetero) is 1. The van der Waals surface area contributed by atoms with Gasteiger partial charge in [-0.05, 0) is 41.7 Å². The van der Waals surface area contributed by atoms with Gasteiger partial charge in [-0.1, -0.05) is 68.4 Å². The molecule has 2 aliphatic heterocycles. The fourth-order valence-corrected chi connectivity index (χ4v) is 4.48. The third kappa shape index (κ3) is 3.82. The van der Waals surface area contributed by atoms with Crippen LogP contribution < -0.4 is 9.47 Å². The van der Waals surface area contributed by atoms with Gasteiger partial charge in [0.05, 0.1) is 5.56 Å². The maximum Gasteiger partial charge on any atom is 0.231 e. The lowest BCUT2D eigenvalue weighted by Crippen LogP contribution is -2.35. The van der Waals surface area contributed by atoms with Crippen molar-refractivity contribution in [2.45, 2.75) is 27.3 Å². The van der Waals surface area contributed by atoms with Gasteiger partial charge in [-0.15, -0.1) is 0 Å². The average molecular weight is 426 g/mol. The van der Waals surface area contributed by atoms with Crippen LogP contribution in [-0.2, 0) is 6.54 Å². The first-order chi connectivity index (χ1) is 15.5. The normalized spacial score (nSPS) is 16.6. The van der Waals surface area contributed by atoms with Crippen LogP contribution in [0.4, 0.5) is 0 Å². The first-order valence-corrected chi connectivity index (χ1v) is 11.1. The van der Waals surface area contributed by atoms with E-state index in [-0.39, 0.29) is 5.78 Å². The van der Waals surface area contributed by atoms with Gasteiger partial charge in [0.15, 0.2) is 5.76 Å². The highest BCUT2D eigenvalue weighted by Crippen LogP contribution is 2.43. The minimum absolute atomic E-state index is 0.0704. The number of nitrogens with zero attached hydrogens (tertiary/aromatic N) is 1. The predicted molar refractivity (Wildman–Crippen MR) is 127 cm³/mol. The lowest BCUT2D eigenvalue weighted by Gasteiger charge is -2.31. The van der Waals surface area contributed by atoms with Crippen molar-refractivity contribution in [1.82, 2.24) is 4.90 Å². The number of carbonyl (C=O) groups excluding carboxylic acids is 1. The van der Waals surface area contributed by atoms with E-state index >= 15 is 0 Å². The Bertz CT molecular complexity index is 1190. The van der Waals surface area contributed by atoms with Crippen LogP contribution in [0.15, 0.2) is 66.4 Å². The third-order valence-corrected chi connectivity index (χ3v) is 5.94. The topological polar surface area (TPSA) is 38.8 Å². The van der Waals surface area contributed by atoms with Gasteiger partial charge < -0.3 is 9.47 Å². The molecular weight excluding hydrogens is 398 g/mol. The van der Waals surface area contributed by atoms with Gasteiger partial charge in [-0.3, -0.25) is 9.69 Å². The molecule has 4 nitrogen and oxygen atoms in total. The van der Waals surface area contributed by atoms with Crippen molar-refractivity contribution in [3.05, 3.63) is 88.7 Å². The van der Waals surface area contributed by atoms with Crippen molar-refractivity contribution in [2.24, 2.45) is 5.92 Å². The SMILES string of the molecule is Cc1c2c(cc3c1O/C(=C\c1ccc(-c4ccccc4)cc1)C3=O)CN(CC(C)C)CO2. The Balaban J connectivity index is 1.41. The summed E-state index contributed by atoms with van der Waals surface area (Å²) in [5, 5.41) is 0. The zero-order valence-electron chi connectivity index (χ0n) is 18.7. The van der Waals surface area contributed by atoms with E-state index in [4.69, 9.17) is 9.47 Å². The number of hydrogen-bond acceptors (Lipinski definition) is 4. The molecule has 0 aliphatic carbocycles. The van der Waals surface area contributed by atoms with Crippen molar-refractivity contribution in [3.8, 4) is 22.6 Å². The Hall–Kier alpha value is -3.37. The number of allylic oxidation sites excluding steroid dienone is 1. The lowest BCUT2D eigenvalue weighted by molar-refractivity contribution is 0.0835. The van der Waals surface area contributed by atoms with Crippen LogP contribution in [0.5, 0.6) is 11.5 Å². The molecule has 0 saturated heterocycles. The summed E-state index contributed by atoms with van der Waals surface area (Å²) in [6, 6.07) is 20.3. The monoisotopic (exact) mass is 425 g/mol. The van der Waals surface area contributed by atoms with Crippen LogP contribution >= 0.6 is 0 Å². The summed E-state index contributed by atoms with van der Waals surface area (Å²) in [4.78, 5) is 15.4. The number of ketones is 1. The highest BCUT2D eigenvalue weighted by molar-refractivity contribution is 6.15. The van der Waals surface area contributed by atoms with Crippen molar-refractivity contribution >= 4 is 11.9 Å². The van der Waals surface area contributed by atoms with E-state index in [2.05, 4.69) is 43.0 Å². The van der Waals surface area contributed by atoms with Gasteiger partial charge in [0.1, 0.15) is 18.2 Å². The first kappa shape index (κ1) is 20.5. The molecule has 32 heavy (non-hydrogen) atoms. The van der Waals surface area contributed by atoms with Crippen LogP contribution in [0.25, 0.3) is 17.2 Å². The molecule has 0 unspecified atom stereocenters. The molecule has 3 aromatic carbocycles. The number of ether oxygens (including phenoxy) is 2. The maximum absolute atomic E-state index is 13.1. The Morgan fingerprint density at radius 2 is 1.72 bits per heavy atom. The molecular formula is C28H27NO3. The minimum atomic E-state index is -0.0704. The second kappa shape index (κ2) is 8.29. The fraction of sp³-hybridized carbons (Fsp3) is 0.250. The summed E-state index contributed by atoms with van der Waals surface area (Å²) in [5.74, 6) is 2.32. The minimum Gasteiger partial charge on any atom is -0.477 e. The Morgan fingerprint density at radius 3 is 2.44 bits per heavy atom. The van der Waals surface area contributed by atoms with E-state index in [0.29, 0.717) is 29.7 Å². The standard InChI is InChI=1S/C28H27NO3/c1-18(2)15-29-16-23-14-24-26(30)25(32-28(24)19(3)27(23)31-17-29)13-20-9-11-22(12-10-20)21-7-5-4-6-8-21/h4-14,18H,15-17H2,1-3H3/b25-13-. The van der Waals surface area contributed by atoms with Crippen LogP contribution in [0.1, 0.15) is 40.9 Å². The summed E-state index contributed by atoms with van der Waals surface area (Å²) in [6.07, 6.45) is 1.82. The average Bonchev–Trinajstić information content (AvgIpc) is 3.10. The van der Waals surface area contributed by atoms with Gasteiger partial charge in [0, 0.05) is 24.2 Å². The predicted octanol–water partition coefficient (Wildman–Crippen LogP) is 6.09. The number of benzene rings is 3. The van der Waals surface area contributed by atoms with E-state index in [9.17, 15) is 4.79 Å². The number of fused-ring (bicyclic) bond motifs is 2. The fourth-order valence-electron chi connectivity index (χ4n) is 4.48. The molecule has 0 amide bonds. The first-order valence-electron chi connectivity index (χ1n) is 11.1. The Morgan fingerprint density at radius 1 is 1.00 bits per heavy atom. The van der Waals surface area contributed by atoms with E-state index < -0.39 is 0 Å². The molecule has 0 N–H and O–H groups in total. The number of hydrogen-bond donors (Lipinski definition) is 0. The van der Waals surface area contributed by atoms with Crippen LogP contribution in [0.3, 0.4) is 0 Å². The smallest absolute Gasteiger partial charge is 0.231 e. The lowest BCUT2D eigenvalue weighted by atomic mass is 9.99. The Kier molecular flexibility index (Phi) is 5.32. The molecule has 0 bridgehead atoms. The molecule has 0 spiro atoms. The zero-order chi connectivity index (χ0) is 22.2. The third-order valence-electron chi connectivity index (χ3n) is 5.94. The van der Waals surface area contributed by atoms with Crippen LogP contribution in [-0.4, -0.2) is 24.0 Å². The molecule has 0 atom stereocenters. The molecule has 0 saturated carbocycles. The van der Waals surface area contributed by atoms with E-state index in [1.54, 1.807) is 0 Å². The molecule has 162 valence electrons. The van der Waals surface area contributed by atoms with Gasteiger partial charge in [0.2, 0.25) is 5.78 Å². The molecule has 0 aromatic heterocycles. The van der Waals surface area contributed by atoms with Crippen LogP contribution in [0.2, 0.25) is 0 Å². The van der Waals surface area contributed by atoms with E-state index in [1.165, 1.54) is 5.56 Å². The highest BCUT2D eigenvalue weighted by atomic mass is 16.5. The van der Waals surface area contributed by atoms with Crippen molar-refractivity contribution in [3.63, 3.8) is 0 Å². The van der Waals surface area contributed by atoms with Gasteiger partial charge >= 0.3 is 0 Å². The van der Waals surface area contributed by atoms with Crippen molar-refractivity contribution in [2.75, 3.05) is 13.3 Å². The highest BCUT2D eigenvalue weighted by Gasteiger charge is 2.33. The Labute approximate surface area is 189 Å². The summed E-state index contributed by atoms with van der Waals surface area (Å²) in [6.45, 7) is 8.68. The van der Waals surface area contributed by atoms with Crippen molar-refractivity contribution < 1.29 is 14.3 Å². The van der Waals surface area contributed by atoms with Crippen LogP contribution in [0, 0.1) is 12.8 Å². The van der Waals surface area contributed by atoms with Crippen molar-refractivity contribution in [1.29, 1.82) is 0 Å². The molecule has 2 aliphatic rings. The van der Waals surface area contributed by atoms with Gasteiger partial charge in [-0.25, -0.2) is 0 Å². The summed E-state index contributed by atoms with van der Waals surface area (Å²) >= 11 is 0. The molecule has 0 fully saturated rings. The molecule has 3 aromatic rings. The number of rotatable bonds is 4. The number of carbonyl (C=O) groups is 1. The summed E-state index contributed by atoms with van der Waals surface area (Å²) < 4.78 is 12.1. The maximum atomic E-state index is 13.1. The summed E-state index contributed by atoms with van der Waals surface area (Å²) in [7, 11) is 0. The second-order valence-electron chi connectivity index (χ2n) is 8.97. The van der Waals surface area contributed by atoms with Gasteiger partial charge in [-0.2, -0.15) is 0 Å². The molecule has 2 heterocycles. The van der Waals surface area contributed by atoms with E-state index in [1.807, 2.05) is 49.4 Å². The largest absolute Gasteiger partial charge is 0.477 e. The second-order valence-corrected chi connectivity index (χ2v) is 8.97. The molecule has 0 radical (unpaired) electrons. The van der Waals surface area contributed by atoms with E-state index in [0.717, 1.165) is 41.1 Å². The quantitative estimate of drug-likeness (QED) is 0.475. The molecule has 5 rings (SSSR count). The zero-order valence-corrected chi connectivity index (χ0v) is 18.7. The summed E-state index contributed by atoms with van der Waals surface area (Å²) in [5.41, 5.74) is 5.82. The molecule has 4 heteroatoms.